The van der Waals surface area contributed by atoms with Crippen LogP contribution < -0.4 is 16.6 Å². The van der Waals surface area contributed by atoms with Gasteiger partial charge >= 0.3 is 0 Å². The first kappa shape index (κ1) is 18.2. The zero-order valence-corrected chi connectivity index (χ0v) is 12.7. The summed E-state index contributed by atoms with van der Waals surface area (Å²) in [6, 6.07) is 9.44. The van der Waals surface area contributed by atoms with Crippen molar-refractivity contribution in [3.8, 4) is 5.69 Å². The minimum atomic E-state index is -0.309. The highest BCUT2D eigenvalue weighted by atomic mass is 35.5. The van der Waals surface area contributed by atoms with E-state index in [9.17, 15) is 4.79 Å². The van der Waals surface area contributed by atoms with Gasteiger partial charge in [-0.1, -0.05) is 18.2 Å². The number of hydrogen-bond acceptors (Lipinski definition) is 4. The number of halogens is 2. The number of carbonyl (C=O) groups is 1. The van der Waals surface area contributed by atoms with Crippen LogP contribution in [0.5, 0.6) is 0 Å². The van der Waals surface area contributed by atoms with Gasteiger partial charge in [-0.05, 0) is 19.1 Å². The highest BCUT2D eigenvalue weighted by Crippen LogP contribution is 2.19. The van der Waals surface area contributed by atoms with Gasteiger partial charge in [0.2, 0.25) is 0 Å². The lowest BCUT2D eigenvalue weighted by molar-refractivity contribution is 0.0932. The number of nitrogens with zero attached hydrogens (tertiary/aromatic N) is 2. The lowest BCUT2D eigenvalue weighted by Gasteiger charge is -2.02. The number of rotatable bonds is 3. The van der Waals surface area contributed by atoms with Crippen molar-refractivity contribution in [3.05, 3.63) is 41.6 Å². The Morgan fingerprint density at radius 3 is 2.40 bits per heavy atom. The number of nitrogens with two attached hydrogens (primary N) is 1. The molecule has 0 atom stereocenters. The number of para-hydroxylation sites is 1. The van der Waals surface area contributed by atoms with Gasteiger partial charge in [0.05, 0.1) is 5.69 Å². The molecule has 4 N–H and O–H groups in total. The molecule has 0 aliphatic carbocycles. The number of aromatic nitrogens is 2. The van der Waals surface area contributed by atoms with Gasteiger partial charge in [0.15, 0.2) is 5.69 Å². The molecule has 20 heavy (non-hydrogen) atoms. The van der Waals surface area contributed by atoms with Crippen LogP contribution in [0.15, 0.2) is 30.3 Å². The Bertz CT molecular complexity index is 571. The number of nitrogens with one attached hydrogen (secondary N) is 2. The summed E-state index contributed by atoms with van der Waals surface area (Å²) < 4.78 is 1.56. The van der Waals surface area contributed by atoms with Gasteiger partial charge in [-0.2, -0.15) is 5.10 Å². The first-order chi connectivity index (χ1) is 8.65. The van der Waals surface area contributed by atoms with Crippen molar-refractivity contribution in [2.45, 2.75) is 6.92 Å². The zero-order valence-electron chi connectivity index (χ0n) is 11.1. The maximum absolute atomic E-state index is 11.8. The fourth-order valence-corrected chi connectivity index (χ4v) is 1.66. The number of benzene rings is 1. The van der Waals surface area contributed by atoms with Crippen molar-refractivity contribution in [1.29, 1.82) is 0 Å². The Morgan fingerprint density at radius 2 is 1.85 bits per heavy atom. The molecular formula is C12H17Cl2N5O. The monoisotopic (exact) mass is 317 g/mol. The molecule has 0 fully saturated rings. The molecule has 1 amide bonds. The third-order valence-electron chi connectivity index (χ3n) is 2.62. The molecule has 1 aromatic heterocycles. The van der Waals surface area contributed by atoms with Crippen molar-refractivity contribution in [1.82, 2.24) is 20.6 Å². The van der Waals surface area contributed by atoms with Crippen LogP contribution in [0.1, 0.15) is 16.1 Å². The van der Waals surface area contributed by atoms with Crippen LogP contribution >= 0.6 is 24.8 Å². The van der Waals surface area contributed by atoms with E-state index in [1.54, 1.807) is 18.7 Å². The standard InChI is InChI=1S/C12H15N5O.2ClH/c1-8-10(12(18)15-14-2)16-17(11(8)13)9-6-4-3-5-7-9;;/h3-7,14H,13H2,1-2H3,(H,15,18);2*1H. The Hall–Kier alpha value is -1.76. The average Bonchev–Trinajstić information content (AvgIpc) is 2.68. The predicted octanol–water partition coefficient (Wildman–Crippen LogP) is 1.47. The van der Waals surface area contributed by atoms with E-state index in [0.717, 1.165) is 5.69 Å². The van der Waals surface area contributed by atoms with Crippen LogP contribution in [0.25, 0.3) is 5.69 Å². The van der Waals surface area contributed by atoms with Crippen LogP contribution in [-0.2, 0) is 0 Å². The molecule has 0 aliphatic heterocycles. The van der Waals surface area contributed by atoms with Gasteiger partial charge in [-0.25, -0.2) is 10.1 Å². The van der Waals surface area contributed by atoms with Crippen LogP contribution in [0.3, 0.4) is 0 Å². The van der Waals surface area contributed by atoms with E-state index in [4.69, 9.17) is 5.73 Å². The van der Waals surface area contributed by atoms with Gasteiger partial charge in [-0.15, -0.1) is 24.8 Å². The highest BCUT2D eigenvalue weighted by Gasteiger charge is 2.18. The summed E-state index contributed by atoms with van der Waals surface area (Å²) in [6.45, 7) is 1.77. The summed E-state index contributed by atoms with van der Waals surface area (Å²) in [7, 11) is 1.62. The fourth-order valence-electron chi connectivity index (χ4n) is 1.66. The van der Waals surface area contributed by atoms with Crippen LogP contribution in [0.4, 0.5) is 5.82 Å². The van der Waals surface area contributed by atoms with Crippen LogP contribution in [0, 0.1) is 6.92 Å². The van der Waals surface area contributed by atoms with Crippen molar-refractivity contribution < 1.29 is 4.79 Å². The molecule has 110 valence electrons. The molecule has 0 aliphatic rings. The van der Waals surface area contributed by atoms with Crippen LogP contribution in [-0.4, -0.2) is 22.7 Å². The van der Waals surface area contributed by atoms with E-state index < -0.39 is 0 Å². The van der Waals surface area contributed by atoms with Crippen molar-refractivity contribution >= 4 is 36.5 Å². The summed E-state index contributed by atoms with van der Waals surface area (Å²) in [6.07, 6.45) is 0. The molecule has 2 rings (SSSR count). The normalized spacial score (nSPS) is 9.30. The molecule has 0 spiro atoms. The van der Waals surface area contributed by atoms with Crippen molar-refractivity contribution in [2.24, 2.45) is 0 Å². The number of anilines is 1. The summed E-state index contributed by atoms with van der Waals surface area (Å²) in [4.78, 5) is 11.8. The Balaban J connectivity index is 0.00000180. The number of hydrogen-bond donors (Lipinski definition) is 3. The topological polar surface area (TPSA) is 85.0 Å². The molecule has 1 heterocycles. The Kier molecular flexibility index (Phi) is 7.06. The van der Waals surface area contributed by atoms with E-state index in [0.29, 0.717) is 17.1 Å². The molecular weight excluding hydrogens is 301 g/mol. The summed E-state index contributed by atoms with van der Waals surface area (Å²) in [5.41, 5.74) is 12.8. The van der Waals surface area contributed by atoms with Gasteiger partial charge in [0.1, 0.15) is 5.82 Å². The number of nitrogen functional groups attached to an aromatic ring is 1. The summed E-state index contributed by atoms with van der Waals surface area (Å²) in [5.74, 6) is 0.152. The SMILES string of the molecule is CNNC(=O)c1nn(-c2ccccc2)c(N)c1C.Cl.Cl. The second-order valence-corrected chi connectivity index (χ2v) is 3.81. The fraction of sp³-hybridized carbons (Fsp3) is 0.167. The Morgan fingerprint density at radius 1 is 1.25 bits per heavy atom. The highest BCUT2D eigenvalue weighted by molar-refractivity contribution is 5.94. The molecule has 8 heteroatoms. The molecule has 0 unspecified atom stereocenters. The van der Waals surface area contributed by atoms with Gasteiger partial charge in [-0.3, -0.25) is 10.2 Å². The quantitative estimate of drug-likeness (QED) is 0.748. The van der Waals surface area contributed by atoms with E-state index >= 15 is 0 Å². The second-order valence-electron chi connectivity index (χ2n) is 3.81. The third kappa shape index (κ3) is 3.41. The predicted molar refractivity (Wildman–Crippen MR) is 83.7 cm³/mol. The molecule has 0 saturated carbocycles. The van der Waals surface area contributed by atoms with Crippen molar-refractivity contribution in [3.63, 3.8) is 0 Å². The van der Waals surface area contributed by atoms with E-state index in [-0.39, 0.29) is 30.7 Å². The number of hydrazine groups is 1. The number of carbonyl (C=O) groups excluding carboxylic acids is 1. The maximum atomic E-state index is 11.8. The minimum Gasteiger partial charge on any atom is -0.383 e. The van der Waals surface area contributed by atoms with Gasteiger partial charge < -0.3 is 5.73 Å². The molecule has 2 aromatic rings. The van der Waals surface area contributed by atoms with E-state index in [1.165, 1.54) is 0 Å². The molecule has 0 bridgehead atoms. The van der Waals surface area contributed by atoms with Crippen molar-refractivity contribution in [2.75, 3.05) is 12.8 Å². The molecule has 6 nitrogen and oxygen atoms in total. The smallest absolute Gasteiger partial charge is 0.286 e. The average molecular weight is 318 g/mol. The lowest BCUT2D eigenvalue weighted by atomic mass is 10.2. The molecule has 0 saturated heterocycles. The zero-order chi connectivity index (χ0) is 13.1. The van der Waals surface area contributed by atoms with E-state index in [2.05, 4.69) is 16.0 Å². The second kappa shape index (κ2) is 7.74. The largest absolute Gasteiger partial charge is 0.383 e. The van der Waals surface area contributed by atoms with Gasteiger partial charge in [0, 0.05) is 12.6 Å². The Labute approximate surface area is 129 Å². The minimum absolute atomic E-state index is 0. The summed E-state index contributed by atoms with van der Waals surface area (Å²) in [5, 5.41) is 4.24. The lowest BCUT2D eigenvalue weighted by Crippen LogP contribution is -2.34. The van der Waals surface area contributed by atoms with Crippen LogP contribution in [0.2, 0.25) is 0 Å². The number of amides is 1. The summed E-state index contributed by atoms with van der Waals surface area (Å²) >= 11 is 0. The first-order valence-corrected chi connectivity index (χ1v) is 5.52. The van der Waals surface area contributed by atoms with E-state index in [1.807, 2.05) is 30.3 Å². The third-order valence-corrected chi connectivity index (χ3v) is 2.62. The molecule has 0 radical (unpaired) electrons. The molecule has 1 aromatic carbocycles. The maximum Gasteiger partial charge on any atom is 0.286 e. The van der Waals surface area contributed by atoms with Gasteiger partial charge in [0.25, 0.3) is 5.91 Å². The first-order valence-electron chi connectivity index (χ1n) is 5.52.